The van der Waals surface area contributed by atoms with Gasteiger partial charge in [0.1, 0.15) is 5.75 Å². The van der Waals surface area contributed by atoms with Crippen LogP contribution in [-0.4, -0.2) is 96.1 Å². The van der Waals surface area contributed by atoms with E-state index >= 15 is 0 Å². The van der Waals surface area contributed by atoms with Gasteiger partial charge in [0.25, 0.3) is 5.91 Å². The molecule has 2 aromatic rings. The normalized spacial score (nSPS) is 16.1. The average Bonchev–Trinajstić information content (AvgIpc) is 3.04. The molecule has 0 bridgehead atoms. The molecular formula is C33H43F6N3O6. The highest BCUT2D eigenvalue weighted by molar-refractivity contribution is 5.94. The van der Waals surface area contributed by atoms with Gasteiger partial charge in [-0.2, -0.15) is 26.3 Å². The number of rotatable bonds is 8. The van der Waals surface area contributed by atoms with Crippen molar-refractivity contribution in [3.05, 3.63) is 59.7 Å². The van der Waals surface area contributed by atoms with Gasteiger partial charge in [0.05, 0.1) is 6.61 Å². The number of benzene rings is 2. The minimum atomic E-state index is -5.08. The van der Waals surface area contributed by atoms with Gasteiger partial charge in [-0.3, -0.25) is 9.69 Å². The number of hydrogen-bond donors (Lipinski definition) is 2. The number of piperidine rings is 2. The van der Waals surface area contributed by atoms with Crippen LogP contribution in [0.5, 0.6) is 5.75 Å². The number of carbonyl (C=O) groups is 3. The molecule has 2 heterocycles. The van der Waals surface area contributed by atoms with Gasteiger partial charge < -0.3 is 24.7 Å². The van der Waals surface area contributed by atoms with Gasteiger partial charge in [-0.1, -0.05) is 18.2 Å². The van der Waals surface area contributed by atoms with Gasteiger partial charge >= 0.3 is 24.3 Å². The van der Waals surface area contributed by atoms with Crippen molar-refractivity contribution in [3.63, 3.8) is 0 Å². The zero-order valence-electron chi connectivity index (χ0n) is 27.2. The predicted molar refractivity (Wildman–Crippen MR) is 167 cm³/mol. The molecule has 0 unspecified atom stereocenters. The number of para-hydroxylation sites is 1. The van der Waals surface area contributed by atoms with E-state index in [1.807, 2.05) is 25.1 Å². The summed E-state index contributed by atoms with van der Waals surface area (Å²) in [5.41, 5.74) is 3.69. The highest BCUT2D eigenvalue weighted by Crippen LogP contribution is 2.42. The average molecular weight is 692 g/mol. The molecule has 2 aromatic carbocycles. The minimum Gasteiger partial charge on any atom is -0.494 e. The molecule has 9 nitrogen and oxygen atoms in total. The first-order valence-corrected chi connectivity index (χ1v) is 15.6. The van der Waals surface area contributed by atoms with Gasteiger partial charge in [-0.15, -0.1) is 0 Å². The van der Waals surface area contributed by atoms with E-state index in [0.717, 1.165) is 70.0 Å². The fourth-order valence-electron chi connectivity index (χ4n) is 5.63. The van der Waals surface area contributed by atoms with Crippen molar-refractivity contribution in [1.82, 2.24) is 9.80 Å². The van der Waals surface area contributed by atoms with Crippen molar-refractivity contribution >= 4 is 23.5 Å². The first-order chi connectivity index (χ1) is 22.5. The summed E-state index contributed by atoms with van der Waals surface area (Å²) < 4.78 is 69.3. The Hall–Kier alpha value is -4.01. The Bertz CT molecular complexity index is 1290. The molecule has 0 aromatic heterocycles. The molecule has 2 aliphatic rings. The van der Waals surface area contributed by atoms with E-state index in [2.05, 4.69) is 58.9 Å². The molecule has 2 aliphatic heterocycles. The fourth-order valence-corrected chi connectivity index (χ4v) is 5.63. The van der Waals surface area contributed by atoms with Crippen LogP contribution in [0, 0.1) is 5.41 Å². The number of anilines is 1. The van der Waals surface area contributed by atoms with E-state index in [4.69, 9.17) is 24.5 Å². The number of likely N-dealkylation sites (tertiary alicyclic amines) is 2. The molecule has 1 amide bonds. The van der Waals surface area contributed by atoms with Crippen molar-refractivity contribution in [2.24, 2.45) is 5.41 Å². The Labute approximate surface area is 276 Å². The van der Waals surface area contributed by atoms with Crippen molar-refractivity contribution in [2.45, 2.75) is 65.4 Å². The summed E-state index contributed by atoms with van der Waals surface area (Å²) in [6.07, 6.45) is -5.46. The van der Waals surface area contributed by atoms with Crippen molar-refractivity contribution in [3.8, 4) is 5.75 Å². The molecule has 4 rings (SSSR count). The van der Waals surface area contributed by atoms with E-state index in [0.29, 0.717) is 12.0 Å². The third-order valence-electron chi connectivity index (χ3n) is 8.42. The molecule has 0 aliphatic carbocycles. The summed E-state index contributed by atoms with van der Waals surface area (Å²) in [7, 11) is 0. The van der Waals surface area contributed by atoms with Crippen molar-refractivity contribution in [1.29, 1.82) is 0 Å². The summed E-state index contributed by atoms with van der Waals surface area (Å²) in [5, 5.41) is 14.2. The lowest BCUT2D eigenvalue weighted by atomic mass is 9.71. The monoisotopic (exact) mass is 691 g/mol. The second-order valence-electron chi connectivity index (χ2n) is 11.4. The largest absolute Gasteiger partial charge is 0.494 e. The number of carboxylic acids is 2. The number of carbonyl (C=O) groups excluding carboxylic acids is 1. The lowest BCUT2D eigenvalue weighted by molar-refractivity contribution is -0.193. The lowest BCUT2D eigenvalue weighted by Crippen LogP contribution is -2.48. The molecule has 2 N–H and O–H groups in total. The first kappa shape index (κ1) is 40.2. The number of amides is 1. The van der Waals surface area contributed by atoms with Crippen molar-refractivity contribution in [2.75, 3.05) is 50.8 Å². The van der Waals surface area contributed by atoms with Crippen LogP contribution in [0.2, 0.25) is 0 Å². The molecule has 2 fully saturated rings. The highest BCUT2D eigenvalue weighted by Gasteiger charge is 2.40. The lowest BCUT2D eigenvalue weighted by Gasteiger charge is -2.47. The number of halogens is 6. The topological polar surface area (TPSA) is 111 Å². The predicted octanol–water partition coefficient (Wildman–Crippen LogP) is 6.72. The number of nitrogens with zero attached hydrogens (tertiary/aromatic N) is 3. The van der Waals surface area contributed by atoms with Crippen LogP contribution in [0.4, 0.5) is 32.0 Å². The van der Waals surface area contributed by atoms with Crippen LogP contribution in [0.15, 0.2) is 48.5 Å². The highest BCUT2D eigenvalue weighted by atomic mass is 19.4. The van der Waals surface area contributed by atoms with Gasteiger partial charge in [-0.25, -0.2) is 9.59 Å². The van der Waals surface area contributed by atoms with E-state index < -0.39 is 24.3 Å². The summed E-state index contributed by atoms with van der Waals surface area (Å²) >= 11 is 0. The Morgan fingerprint density at radius 1 is 0.771 bits per heavy atom. The summed E-state index contributed by atoms with van der Waals surface area (Å²) in [6, 6.07) is 16.6. The number of ether oxygens (including phenoxy) is 1. The SMILES string of the molecule is CCOc1ccccc1CN1CCC2(CC1)CCN(C(=O)c1ccc(N(CC)CC)cc1)CC2.O=C(O)C(F)(F)F.O=C(O)C(F)(F)F. The standard InChI is InChI=1S/C29H41N3O2.2C2HF3O2/c1-4-31(5-2)26-13-11-24(12-14-26)28(33)32-21-17-29(18-22-32)15-19-30(20-16-29)23-25-9-7-8-10-27(25)34-6-3;2*3-2(4,5)1(6)7/h7-14H,4-6,15-23H2,1-3H3;2*(H,6,7). The minimum absolute atomic E-state index is 0.186. The maximum absolute atomic E-state index is 13.1. The van der Waals surface area contributed by atoms with Crippen LogP contribution in [0.3, 0.4) is 0 Å². The van der Waals surface area contributed by atoms with Crippen LogP contribution in [0.25, 0.3) is 0 Å². The number of carboxylic acid groups (broad SMARTS) is 2. The molecule has 1 spiro atoms. The van der Waals surface area contributed by atoms with E-state index in [9.17, 15) is 31.1 Å². The molecule has 0 saturated carbocycles. The maximum Gasteiger partial charge on any atom is 0.490 e. The number of hydrogen-bond acceptors (Lipinski definition) is 6. The molecule has 0 radical (unpaired) electrons. The zero-order chi connectivity index (χ0) is 36.1. The second kappa shape index (κ2) is 17.9. The molecular weight excluding hydrogens is 648 g/mol. The van der Waals surface area contributed by atoms with E-state index in [1.165, 1.54) is 24.1 Å². The molecule has 15 heteroatoms. The maximum atomic E-state index is 13.1. The Balaban J connectivity index is 0.000000479. The summed E-state index contributed by atoms with van der Waals surface area (Å²) in [4.78, 5) is 37.9. The fraction of sp³-hybridized carbons (Fsp3) is 0.545. The van der Waals surface area contributed by atoms with E-state index in [-0.39, 0.29) is 5.91 Å². The van der Waals surface area contributed by atoms with Crippen LogP contribution in [0.1, 0.15) is 62.4 Å². The van der Waals surface area contributed by atoms with E-state index in [1.54, 1.807) is 0 Å². The molecule has 0 atom stereocenters. The number of aliphatic carboxylic acids is 2. The van der Waals surface area contributed by atoms with Gasteiger partial charge in [0.2, 0.25) is 0 Å². The quantitative estimate of drug-likeness (QED) is 0.294. The summed E-state index contributed by atoms with van der Waals surface area (Å²) in [6.45, 7) is 14.0. The smallest absolute Gasteiger partial charge is 0.490 e. The van der Waals surface area contributed by atoms with Gasteiger partial charge in [0.15, 0.2) is 0 Å². The van der Waals surface area contributed by atoms with Gasteiger partial charge in [-0.05, 0) is 95.3 Å². The Kier molecular flexibility index (Phi) is 15.0. The Morgan fingerprint density at radius 3 is 1.67 bits per heavy atom. The third kappa shape index (κ3) is 12.2. The van der Waals surface area contributed by atoms with Crippen LogP contribution >= 0.6 is 0 Å². The van der Waals surface area contributed by atoms with Crippen molar-refractivity contribution < 1.29 is 55.7 Å². The zero-order valence-corrected chi connectivity index (χ0v) is 27.2. The second-order valence-corrected chi connectivity index (χ2v) is 11.4. The molecule has 2 saturated heterocycles. The van der Waals surface area contributed by atoms with Gasteiger partial charge in [0, 0.05) is 49.5 Å². The Morgan fingerprint density at radius 2 is 1.23 bits per heavy atom. The molecule has 268 valence electrons. The first-order valence-electron chi connectivity index (χ1n) is 15.6. The summed E-state index contributed by atoms with van der Waals surface area (Å²) in [5.74, 6) is -4.31. The third-order valence-corrected chi connectivity index (χ3v) is 8.42. The molecule has 48 heavy (non-hydrogen) atoms. The van der Waals surface area contributed by atoms with Crippen LogP contribution in [-0.2, 0) is 16.1 Å². The van der Waals surface area contributed by atoms with Crippen LogP contribution < -0.4 is 9.64 Å². The number of alkyl halides is 6.